The summed E-state index contributed by atoms with van der Waals surface area (Å²) in [6.07, 6.45) is -13.7. The number of phenols is 1. The first kappa shape index (κ1) is 67.7. The fourth-order valence-electron chi connectivity index (χ4n) is 13.1. The molecule has 2 aliphatic carbocycles. The van der Waals surface area contributed by atoms with Gasteiger partial charge in [-0.05, 0) is 82.0 Å². The highest BCUT2D eigenvalue weighted by Crippen LogP contribution is 2.46. The Morgan fingerprint density at radius 2 is 1.14 bits per heavy atom. The van der Waals surface area contributed by atoms with Crippen molar-refractivity contribution in [3.8, 4) is 33.8 Å². The van der Waals surface area contributed by atoms with Gasteiger partial charge in [0.2, 0.25) is 35.4 Å². The van der Waals surface area contributed by atoms with Crippen molar-refractivity contribution >= 4 is 47.6 Å². The van der Waals surface area contributed by atoms with Crippen molar-refractivity contribution < 1.29 is 88.3 Å². The second-order valence-corrected chi connectivity index (χ2v) is 24.5. The van der Waals surface area contributed by atoms with Crippen LogP contribution in [0.3, 0.4) is 0 Å². The summed E-state index contributed by atoms with van der Waals surface area (Å²) in [7, 11) is 0. The number of phenolic OH excluding ortho intramolecular Hbond substituents is 1. The van der Waals surface area contributed by atoms with E-state index in [1.54, 1.807) is 0 Å². The molecule has 500 valence electrons. The van der Waals surface area contributed by atoms with Crippen LogP contribution < -0.4 is 42.4 Å². The second-order valence-electron chi connectivity index (χ2n) is 24.5. The summed E-state index contributed by atoms with van der Waals surface area (Å²) in [5, 5.41) is 94.4. The summed E-state index contributed by atoms with van der Waals surface area (Å²) in [6.45, 7) is 0.564. The van der Waals surface area contributed by atoms with E-state index < -0.39 is 165 Å². The van der Waals surface area contributed by atoms with Gasteiger partial charge in [-0.3, -0.25) is 28.8 Å². The molecule has 13 atom stereocenters. The van der Waals surface area contributed by atoms with E-state index in [0.717, 1.165) is 61.2 Å². The van der Waals surface area contributed by atoms with Gasteiger partial charge in [0.15, 0.2) is 11.5 Å². The lowest BCUT2D eigenvalue weighted by molar-refractivity contribution is -0.147. The summed E-state index contributed by atoms with van der Waals surface area (Å²) in [4.78, 5) is 115. The summed E-state index contributed by atoms with van der Waals surface area (Å²) in [5.41, 5.74) is 14.4. The molecule has 5 aromatic carbocycles. The molecule has 10 rings (SSSR count). The van der Waals surface area contributed by atoms with Gasteiger partial charge in [0.25, 0.3) is 0 Å². The minimum atomic E-state index is -2.13. The van der Waals surface area contributed by atoms with Crippen LogP contribution in [-0.2, 0) is 44.7 Å². The van der Waals surface area contributed by atoms with E-state index in [4.69, 9.17) is 19.9 Å². The van der Waals surface area contributed by atoms with Gasteiger partial charge in [0.1, 0.15) is 50.0 Å². The highest BCUT2D eigenvalue weighted by Gasteiger charge is 2.50. The summed E-state index contributed by atoms with van der Waals surface area (Å²) >= 11 is 0. The first-order chi connectivity index (χ1) is 45.1. The highest BCUT2D eigenvalue weighted by molar-refractivity contribution is 5.98. The number of amides is 8. The summed E-state index contributed by atoms with van der Waals surface area (Å²) in [6, 6.07) is 24.1. The molecule has 94 heavy (non-hydrogen) atoms. The average Bonchev–Trinajstić information content (AvgIpc) is 1.63. The van der Waals surface area contributed by atoms with Gasteiger partial charge in [0, 0.05) is 56.8 Å². The lowest BCUT2D eigenvalue weighted by Crippen LogP contribution is -2.64. The normalized spacial score (nSPS) is 25.3. The maximum atomic E-state index is 15.1. The number of aliphatic hydroxyl groups is 6. The number of rotatable bonds is 16. The standard InChI is InChI=1S/C67H79N9O18/c1-34-30-76-58(59(34)83)63(87)71-29-37(78)27-49(68)60(84)72-55(35(2)77)64(88)75-31-38(79)28-50(75)61(85)73-56(62(86)74-57(65(76)89)52(81)21-22-69-66(90)93-32-47-43-15-7-3-11-39(43)40-12-4-8-16-44(40)47)53(82)25-36-19-20-51(80)54(26-36)92-24-23-70-67(91)94-33-48-45-17-9-5-13-41(45)42-14-6-10-18-46(42)48/h3-20,26,34-35,37-38,47-50,52-53,55-59,77-83H,21-25,27-33,68H2,1-2H3,(H,69,90)(H,70,91)(H,71,87)(H,72,84)(H,73,85)(H,74,86)/t34-,35+,37+,38+,49?,50-,52+,53+,55-,56-,57-,58-,59-/m0/s1. The first-order valence-corrected chi connectivity index (χ1v) is 31.3. The molecule has 8 amide bonds. The molecule has 0 radical (unpaired) electrons. The van der Waals surface area contributed by atoms with Gasteiger partial charge in [0.05, 0.1) is 49.2 Å². The molecular formula is C67H79N9O18. The van der Waals surface area contributed by atoms with E-state index >= 15 is 9.59 Å². The molecule has 0 aromatic heterocycles. The molecule has 27 heteroatoms. The Balaban J connectivity index is 0.883. The van der Waals surface area contributed by atoms with Crippen molar-refractivity contribution in [2.24, 2.45) is 11.7 Å². The predicted octanol–water partition coefficient (Wildman–Crippen LogP) is -0.284. The van der Waals surface area contributed by atoms with Crippen LogP contribution in [-0.4, -0.2) is 219 Å². The Hall–Kier alpha value is -9.22. The zero-order chi connectivity index (χ0) is 67.1. The topological polar surface area (TPSA) is 411 Å². The van der Waals surface area contributed by atoms with Crippen LogP contribution in [0.1, 0.15) is 72.8 Å². The first-order valence-electron chi connectivity index (χ1n) is 31.3. The van der Waals surface area contributed by atoms with Crippen molar-refractivity contribution in [3.63, 3.8) is 0 Å². The van der Waals surface area contributed by atoms with Crippen LogP contribution in [0.4, 0.5) is 9.59 Å². The maximum Gasteiger partial charge on any atom is 0.407 e. The van der Waals surface area contributed by atoms with Crippen molar-refractivity contribution in [1.29, 1.82) is 0 Å². The minimum Gasteiger partial charge on any atom is -0.504 e. The van der Waals surface area contributed by atoms with Crippen molar-refractivity contribution in [2.75, 3.05) is 52.5 Å². The van der Waals surface area contributed by atoms with Gasteiger partial charge in [-0.25, -0.2) is 9.59 Å². The van der Waals surface area contributed by atoms with Gasteiger partial charge >= 0.3 is 12.2 Å². The van der Waals surface area contributed by atoms with Gasteiger partial charge in [-0.2, -0.15) is 0 Å². The smallest absolute Gasteiger partial charge is 0.407 e. The number of carbonyl (C=O) groups excluding carboxylic acids is 8. The lowest BCUT2D eigenvalue weighted by atomic mass is 9.98. The Kier molecular flexibility index (Phi) is 21.5. The third-order valence-electron chi connectivity index (χ3n) is 18.0. The van der Waals surface area contributed by atoms with E-state index in [1.807, 2.05) is 97.1 Å². The predicted molar refractivity (Wildman–Crippen MR) is 336 cm³/mol. The molecule has 0 saturated carbocycles. The maximum absolute atomic E-state index is 15.1. The zero-order valence-electron chi connectivity index (χ0n) is 51.7. The molecule has 0 bridgehead atoms. The summed E-state index contributed by atoms with van der Waals surface area (Å²) < 4.78 is 17.1. The van der Waals surface area contributed by atoms with Crippen LogP contribution in [0.25, 0.3) is 22.3 Å². The molecule has 15 N–H and O–H groups in total. The second kappa shape index (κ2) is 29.8. The van der Waals surface area contributed by atoms with Crippen LogP contribution >= 0.6 is 0 Å². The minimum absolute atomic E-state index is 0.0528. The van der Waals surface area contributed by atoms with Crippen molar-refractivity contribution in [1.82, 2.24) is 41.7 Å². The number of ether oxygens (including phenoxy) is 3. The van der Waals surface area contributed by atoms with Crippen molar-refractivity contribution in [2.45, 2.75) is 124 Å². The third kappa shape index (κ3) is 15.1. The molecule has 3 heterocycles. The Bertz CT molecular complexity index is 3540. The van der Waals surface area contributed by atoms with Crippen LogP contribution in [0.15, 0.2) is 115 Å². The number of aromatic hydroxyl groups is 1. The molecule has 0 spiro atoms. The fourth-order valence-corrected chi connectivity index (χ4v) is 13.1. The van der Waals surface area contributed by atoms with E-state index in [0.29, 0.717) is 0 Å². The number of hydrogen-bond donors (Lipinski definition) is 14. The SMILES string of the molecule is C[C@@H](O)[C@@H]1NC(=O)C(N)C[C@@H](O)CNC(=O)[C@@H]2[C@@H](O)[C@@H](C)CN2C(=O)[C@H]([C@H](O)CCNC(=O)OCC2c3ccccc3-c3ccccc32)NC(=O)[C@H]([C@H](O)Cc2ccc(O)c(OCCNC(=O)OCC3c4ccccc4-c4ccccc43)c2)NC(=O)[C@@H]2C[C@@H](O)CN2C1=O. The Morgan fingerprint density at radius 3 is 1.70 bits per heavy atom. The molecule has 5 aromatic rings. The number of fused-ring (bicyclic) bond motifs is 8. The molecule has 1 unspecified atom stereocenters. The number of nitrogens with zero attached hydrogens (tertiary/aromatic N) is 2. The van der Waals surface area contributed by atoms with Crippen LogP contribution in [0, 0.1) is 5.92 Å². The molecule has 3 saturated heterocycles. The van der Waals surface area contributed by atoms with Gasteiger partial charge < -0.3 is 97.4 Å². The Labute approximate surface area is 540 Å². The highest BCUT2D eigenvalue weighted by atomic mass is 16.6. The number of β-amino-alcohol motifs (C(OH)–C–C–N with tert-alkyl or cyclic N) is 1. The van der Waals surface area contributed by atoms with E-state index in [-0.39, 0.29) is 68.4 Å². The number of aliphatic hydroxyl groups excluding tert-OH is 6. The number of alkyl carbamates (subject to hydrolysis) is 2. The van der Waals surface area contributed by atoms with E-state index in [1.165, 1.54) is 25.1 Å². The number of hydrogen-bond acceptors (Lipinski definition) is 19. The average molecular weight is 1300 g/mol. The van der Waals surface area contributed by atoms with Crippen LogP contribution in [0.5, 0.6) is 11.5 Å². The fraction of sp³-hybridized carbons (Fsp3) is 0.433. The summed E-state index contributed by atoms with van der Waals surface area (Å²) in [5.74, 6) is -8.57. The molecule has 3 aliphatic heterocycles. The quantitative estimate of drug-likeness (QED) is 0.0565. The molecule has 3 fully saturated rings. The van der Waals surface area contributed by atoms with E-state index in [2.05, 4.69) is 31.9 Å². The van der Waals surface area contributed by atoms with Gasteiger partial charge in [-0.15, -0.1) is 0 Å². The zero-order valence-corrected chi connectivity index (χ0v) is 51.7. The number of benzene rings is 5. The monoisotopic (exact) mass is 1300 g/mol. The molecule has 5 aliphatic rings. The number of nitrogens with one attached hydrogen (secondary N) is 6. The third-order valence-corrected chi connectivity index (χ3v) is 18.0. The van der Waals surface area contributed by atoms with E-state index in [9.17, 15) is 64.5 Å². The van der Waals surface area contributed by atoms with Crippen LogP contribution in [0.2, 0.25) is 0 Å². The van der Waals surface area contributed by atoms with Gasteiger partial charge in [-0.1, -0.05) is 110 Å². The Morgan fingerprint density at radius 1 is 0.617 bits per heavy atom. The van der Waals surface area contributed by atoms with Crippen molar-refractivity contribution in [3.05, 3.63) is 143 Å². The molecule has 27 nitrogen and oxygen atoms in total. The number of nitrogens with two attached hydrogens (primary N) is 1. The lowest BCUT2D eigenvalue weighted by Gasteiger charge is -2.34. The largest absolute Gasteiger partial charge is 0.504 e. The molecular weight excluding hydrogens is 1220 g/mol. The number of carbonyl (C=O) groups is 8.